The van der Waals surface area contributed by atoms with E-state index in [-0.39, 0.29) is 11.8 Å². The highest BCUT2D eigenvalue weighted by molar-refractivity contribution is 7.09. The number of benzene rings is 1. The van der Waals surface area contributed by atoms with Gasteiger partial charge in [-0.2, -0.15) is 0 Å². The zero-order valence-corrected chi connectivity index (χ0v) is 12.6. The first-order valence-corrected chi connectivity index (χ1v) is 7.74. The molecular weight excluding hydrogens is 286 g/mol. The molecule has 1 aliphatic rings. The van der Waals surface area contributed by atoms with Crippen molar-refractivity contribution in [2.75, 3.05) is 13.7 Å². The van der Waals surface area contributed by atoms with Gasteiger partial charge in [0, 0.05) is 4.88 Å². The lowest BCUT2D eigenvalue weighted by atomic mass is 9.96. The largest absolute Gasteiger partial charge is 0.497 e. The predicted octanol–water partition coefficient (Wildman–Crippen LogP) is 2.62. The molecule has 3 rings (SSSR count). The van der Waals surface area contributed by atoms with Crippen molar-refractivity contribution in [1.29, 1.82) is 0 Å². The van der Waals surface area contributed by atoms with Crippen molar-refractivity contribution in [2.24, 2.45) is 5.92 Å². The van der Waals surface area contributed by atoms with Crippen molar-refractivity contribution in [2.45, 2.75) is 13.0 Å². The third-order valence-electron chi connectivity index (χ3n) is 3.56. The maximum Gasteiger partial charge on any atom is 0.227 e. The highest BCUT2D eigenvalue weighted by Gasteiger charge is 2.26. The van der Waals surface area contributed by atoms with Crippen LogP contribution in [0.15, 0.2) is 35.7 Å². The monoisotopic (exact) mass is 303 g/mol. The number of methoxy groups -OCH3 is 1. The topological polar surface area (TPSA) is 47.6 Å². The highest BCUT2D eigenvalue weighted by atomic mass is 32.1. The van der Waals surface area contributed by atoms with E-state index < -0.39 is 0 Å². The highest BCUT2D eigenvalue weighted by Crippen LogP contribution is 2.30. The van der Waals surface area contributed by atoms with Crippen molar-refractivity contribution in [3.63, 3.8) is 0 Å². The van der Waals surface area contributed by atoms with Gasteiger partial charge >= 0.3 is 0 Å². The number of ether oxygens (including phenoxy) is 2. The minimum Gasteiger partial charge on any atom is -0.497 e. The molecule has 110 valence electrons. The van der Waals surface area contributed by atoms with Gasteiger partial charge in [0.05, 0.1) is 19.6 Å². The van der Waals surface area contributed by atoms with Crippen LogP contribution in [0, 0.1) is 5.92 Å². The van der Waals surface area contributed by atoms with E-state index in [9.17, 15) is 4.79 Å². The first-order chi connectivity index (χ1) is 10.3. The van der Waals surface area contributed by atoms with Crippen LogP contribution in [0.5, 0.6) is 11.5 Å². The molecule has 0 spiro atoms. The fourth-order valence-electron chi connectivity index (χ4n) is 2.40. The summed E-state index contributed by atoms with van der Waals surface area (Å²) in [7, 11) is 1.64. The Kier molecular flexibility index (Phi) is 4.10. The Balaban J connectivity index is 1.63. The van der Waals surface area contributed by atoms with Gasteiger partial charge in [-0.1, -0.05) is 6.07 Å². The third-order valence-corrected chi connectivity index (χ3v) is 4.44. The first-order valence-electron chi connectivity index (χ1n) is 6.86. The molecule has 2 aromatic rings. The second-order valence-electron chi connectivity index (χ2n) is 4.98. The molecule has 0 saturated heterocycles. The molecule has 1 aromatic carbocycles. The Labute approximate surface area is 127 Å². The van der Waals surface area contributed by atoms with Crippen molar-refractivity contribution in [3.8, 4) is 11.5 Å². The quantitative estimate of drug-likeness (QED) is 0.944. The van der Waals surface area contributed by atoms with Crippen molar-refractivity contribution >= 4 is 17.2 Å². The number of amides is 1. The Bertz CT molecular complexity index is 624. The molecule has 0 fully saturated rings. The van der Waals surface area contributed by atoms with E-state index in [0.717, 1.165) is 21.9 Å². The minimum absolute atomic E-state index is 0.0388. The zero-order chi connectivity index (χ0) is 14.7. The summed E-state index contributed by atoms with van der Waals surface area (Å²) in [5, 5.41) is 4.98. The van der Waals surface area contributed by atoms with Crippen molar-refractivity contribution < 1.29 is 14.3 Å². The minimum atomic E-state index is -0.149. The lowest BCUT2D eigenvalue weighted by Gasteiger charge is -2.24. The van der Waals surface area contributed by atoms with Crippen LogP contribution in [0.25, 0.3) is 0 Å². The van der Waals surface area contributed by atoms with E-state index in [1.807, 2.05) is 35.7 Å². The van der Waals surface area contributed by atoms with Crippen LogP contribution < -0.4 is 14.8 Å². The van der Waals surface area contributed by atoms with Crippen LogP contribution in [0.2, 0.25) is 0 Å². The normalized spacial score (nSPS) is 16.7. The Morgan fingerprint density at radius 1 is 1.48 bits per heavy atom. The van der Waals surface area contributed by atoms with E-state index in [4.69, 9.17) is 9.47 Å². The number of carbonyl (C=O) groups excluding carboxylic acids is 1. The number of carbonyl (C=O) groups is 1. The smallest absolute Gasteiger partial charge is 0.227 e. The van der Waals surface area contributed by atoms with Crippen LogP contribution in [0.3, 0.4) is 0 Å². The molecule has 1 atom stereocenters. The standard InChI is InChI=1S/C16H17NO3S/c1-19-13-4-5-15-11(8-13)7-12(10-20-15)16(18)17-9-14-3-2-6-21-14/h2-6,8,12H,7,9-10H2,1H3,(H,17,18). The van der Waals surface area contributed by atoms with Gasteiger partial charge in [-0.15, -0.1) is 11.3 Å². The van der Waals surface area contributed by atoms with Gasteiger partial charge in [0.25, 0.3) is 0 Å². The number of thiophene rings is 1. The number of hydrogen-bond acceptors (Lipinski definition) is 4. The predicted molar refractivity (Wildman–Crippen MR) is 81.8 cm³/mol. The van der Waals surface area contributed by atoms with Gasteiger partial charge in [-0.25, -0.2) is 0 Å². The molecule has 0 aliphatic carbocycles. The fourth-order valence-corrected chi connectivity index (χ4v) is 3.04. The van der Waals surface area contributed by atoms with Crippen LogP contribution in [-0.2, 0) is 17.8 Å². The van der Waals surface area contributed by atoms with E-state index in [2.05, 4.69) is 5.32 Å². The zero-order valence-electron chi connectivity index (χ0n) is 11.8. The summed E-state index contributed by atoms with van der Waals surface area (Å²) in [6, 6.07) is 9.71. The number of rotatable bonds is 4. The Morgan fingerprint density at radius 3 is 3.14 bits per heavy atom. The molecule has 1 aliphatic heterocycles. The summed E-state index contributed by atoms with van der Waals surface area (Å²) < 4.78 is 10.9. The average Bonchev–Trinajstić information content (AvgIpc) is 3.04. The van der Waals surface area contributed by atoms with E-state index in [0.29, 0.717) is 19.6 Å². The van der Waals surface area contributed by atoms with Crippen LogP contribution in [-0.4, -0.2) is 19.6 Å². The molecule has 2 heterocycles. The number of nitrogens with one attached hydrogen (secondary N) is 1. The second kappa shape index (κ2) is 6.18. The molecule has 0 bridgehead atoms. The van der Waals surface area contributed by atoms with Crippen LogP contribution >= 0.6 is 11.3 Å². The molecule has 1 unspecified atom stereocenters. The van der Waals surface area contributed by atoms with Crippen LogP contribution in [0.4, 0.5) is 0 Å². The van der Waals surface area contributed by atoms with Gasteiger partial charge in [0.1, 0.15) is 18.1 Å². The second-order valence-corrected chi connectivity index (χ2v) is 6.02. The molecule has 4 nitrogen and oxygen atoms in total. The Morgan fingerprint density at radius 2 is 2.38 bits per heavy atom. The molecule has 21 heavy (non-hydrogen) atoms. The molecule has 0 saturated carbocycles. The molecule has 1 N–H and O–H groups in total. The lowest BCUT2D eigenvalue weighted by molar-refractivity contribution is -0.126. The molecule has 1 aromatic heterocycles. The first kappa shape index (κ1) is 13.9. The maximum atomic E-state index is 12.2. The number of fused-ring (bicyclic) bond motifs is 1. The van der Waals surface area contributed by atoms with Gasteiger partial charge in [0.15, 0.2) is 0 Å². The molecule has 1 amide bonds. The molecule has 0 radical (unpaired) electrons. The van der Waals surface area contributed by atoms with E-state index in [1.54, 1.807) is 18.4 Å². The SMILES string of the molecule is COc1ccc2c(c1)CC(C(=O)NCc1cccs1)CO2. The average molecular weight is 303 g/mol. The van der Waals surface area contributed by atoms with E-state index >= 15 is 0 Å². The fraction of sp³-hybridized carbons (Fsp3) is 0.312. The summed E-state index contributed by atoms with van der Waals surface area (Å²) >= 11 is 1.64. The Hall–Kier alpha value is -2.01. The van der Waals surface area contributed by atoms with Crippen molar-refractivity contribution in [1.82, 2.24) is 5.32 Å². The summed E-state index contributed by atoms with van der Waals surface area (Å²) in [5.74, 6) is 1.52. The molecule has 5 heteroatoms. The summed E-state index contributed by atoms with van der Waals surface area (Å²) in [5.41, 5.74) is 1.02. The van der Waals surface area contributed by atoms with Crippen molar-refractivity contribution in [3.05, 3.63) is 46.2 Å². The van der Waals surface area contributed by atoms with Crippen LogP contribution in [0.1, 0.15) is 10.4 Å². The summed E-state index contributed by atoms with van der Waals surface area (Å²) in [4.78, 5) is 13.4. The molecular formula is C16H17NO3S. The maximum absolute atomic E-state index is 12.2. The van der Waals surface area contributed by atoms with Gasteiger partial charge in [-0.3, -0.25) is 4.79 Å². The lowest BCUT2D eigenvalue weighted by Crippen LogP contribution is -2.36. The number of hydrogen-bond donors (Lipinski definition) is 1. The third kappa shape index (κ3) is 3.19. The van der Waals surface area contributed by atoms with Gasteiger partial charge < -0.3 is 14.8 Å². The summed E-state index contributed by atoms with van der Waals surface area (Å²) in [6.45, 7) is 1.01. The van der Waals surface area contributed by atoms with Gasteiger partial charge in [0.2, 0.25) is 5.91 Å². The van der Waals surface area contributed by atoms with Gasteiger partial charge in [-0.05, 0) is 41.6 Å². The summed E-state index contributed by atoms with van der Waals surface area (Å²) in [6.07, 6.45) is 0.683. The van der Waals surface area contributed by atoms with E-state index in [1.165, 1.54) is 0 Å².